The van der Waals surface area contributed by atoms with Crippen molar-refractivity contribution in [3.8, 4) is 22.9 Å². The second kappa shape index (κ2) is 9.85. The number of aromatic nitrogens is 1. The molecule has 1 atom stereocenters. The predicted octanol–water partition coefficient (Wildman–Crippen LogP) is 5.71. The number of hydrogen-bond acceptors (Lipinski definition) is 6. The molecule has 1 fully saturated rings. The van der Waals surface area contributed by atoms with Crippen molar-refractivity contribution < 1.29 is 23.8 Å². The Morgan fingerprint density at radius 2 is 1.69 bits per heavy atom. The molecule has 3 aliphatic heterocycles. The van der Waals surface area contributed by atoms with Crippen LogP contribution in [0.5, 0.6) is 17.2 Å². The average molecular weight is 539 g/mol. The van der Waals surface area contributed by atoms with Crippen LogP contribution in [0.15, 0.2) is 79.0 Å². The topological polar surface area (TPSA) is 78.8 Å². The Bertz CT molecular complexity index is 1560. The lowest BCUT2D eigenvalue weighted by Crippen LogP contribution is -2.31. The number of carbonyl (C=O) groups excluding carboxylic acids is 2. The van der Waals surface area contributed by atoms with E-state index in [2.05, 4.69) is 16.0 Å². The van der Waals surface area contributed by atoms with E-state index in [4.69, 9.17) is 14.2 Å². The molecule has 39 heavy (non-hydrogen) atoms. The molecule has 3 aliphatic rings. The van der Waals surface area contributed by atoms with E-state index in [1.807, 2.05) is 72.6 Å². The van der Waals surface area contributed by atoms with Gasteiger partial charge in [0.1, 0.15) is 25.1 Å². The lowest BCUT2D eigenvalue weighted by Gasteiger charge is -2.25. The van der Waals surface area contributed by atoms with Gasteiger partial charge < -0.3 is 24.1 Å². The number of thioether (sulfide) groups is 1. The summed E-state index contributed by atoms with van der Waals surface area (Å²) in [5.41, 5.74) is 4.72. The minimum atomic E-state index is -0.184. The number of carbonyl (C=O) groups is 2. The van der Waals surface area contributed by atoms with Gasteiger partial charge in [-0.3, -0.25) is 9.59 Å². The second-order valence-electron chi connectivity index (χ2n) is 9.87. The standard InChI is InChI=1S/C31H26N2O5S/c34-28-14-24(26-2-1-11-33(26)27-16-30-29(15-25(27)28)36-12-13-37-30)19-3-7-21(8-4-19)32-31(35)20-5-9-22(10-6-20)38-23-17-39-18-23/h1-11,15-16,23-24H,12-14,17-18H2,(H,32,35)/t24-/m0/s1. The summed E-state index contributed by atoms with van der Waals surface area (Å²) in [4.78, 5) is 26.3. The highest BCUT2D eigenvalue weighted by Gasteiger charge is 2.30. The summed E-state index contributed by atoms with van der Waals surface area (Å²) < 4.78 is 19.4. The van der Waals surface area contributed by atoms with Crippen LogP contribution < -0.4 is 19.5 Å². The fraction of sp³-hybridized carbons (Fsp3) is 0.226. The lowest BCUT2D eigenvalue weighted by atomic mass is 9.90. The Labute approximate surface area is 230 Å². The number of Topliss-reactive ketones (excluding diaryl/α,β-unsaturated/α-hetero) is 1. The molecule has 4 heterocycles. The number of ketones is 1. The second-order valence-corrected chi connectivity index (χ2v) is 10.9. The van der Waals surface area contributed by atoms with E-state index in [9.17, 15) is 9.59 Å². The smallest absolute Gasteiger partial charge is 0.255 e. The third-order valence-corrected chi connectivity index (χ3v) is 8.56. The minimum absolute atomic E-state index is 0.0524. The maximum atomic E-state index is 13.4. The largest absolute Gasteiger partial charge is 0.489 e. The third kappa shape index (κ3) is 4.55. The van der Waals surface area contributed by atoms with Gasteiger partial charge in [0, 0.05) is 58.6 Å². The van der Waals surface area contributed by atoms with E-state index < -0.39 is 0 Å². The van der Waals surface area contributed by atoms with Gasteiger partial charge in [-0.1, -0.05) is 12.1 Å². The lowest BCUT2D eigenvalue weighted by molar-refractivity contribution is 0.0977. The van der Waals surface area contributed by atoms with Gasteiger partial charge >= 0.3 is 0 Å². The van der Waals surface area contributed by atoms with E-state index in [-0.39, 0.29) is 23.7 Å². The molecule has 1 N–H and O–H groups in total. The molecule has 7 nitrogen and oxygen atoms in total. The number of ether oxygens (including phenoxy) is 3. The van der Waals surface area contributed by atoms with Gasteiger partial charge in [0.25, 0.3) is 5.91 Å². The zero-order chi connectivity index (χ0) is 26.3. The Hall–Kier alpha value is -4.17. The molecular formula is C31H26N2O5S. The van der Waals surface area contributed by atoms with Gasteiger partial charge in [0.2, 0.25) is 0 Å². The quantitative estimate of drug-likeness (QED) is 0.351. The Kier molecular flexibility index (Phi) is 6.04. The molecule has 0 unspecified atom stereocenters. The number of amides is 1. The maximum absolute atomic E-state index is 13.4. The van der Waals surface area contributed by atoms with Crippen LogP contribution in [0.1, 0.15) is 44.3 Å². The molecule has 1 aromatic heterocycles. The summed E-state index contributed by atoms with van der Waals surface area (Å²) in [6.07, 6.45) is 2.57. The van der Waals surface area contributed by atoms with Crippen LogP contribution in [0.4, 0.5) is 5.69 Å². The average Bonchev–Trinajstić information content (AvgIpc) is 3.39. The first-order valence-corrected chi connectivity index (χ1v) is 14.2. The number of hydrogen-bond donors (Lipinski definition) is 1. The molecule has 1 saturated heterocycles. The fourth-order valence-corrected chi connectivity index (χ4v) is 5.81. The maximum Gasteiger partial charge on any atom is 0.255 e. The molecule has 0 aliphatic carbocycles. The van der Waals surface area contributed by atoms with Gasteiger partial charge in [-0.25, -0.2) is 0 Å². The third-order valence-electron chi connectivity index (χ3n) is 7.34. The van der Waals surface area contributed by atoms with Crippen molar-refractivity contribution >= 4 is 29.1 Å². The van der Waals surface area contributed by atoms with Crippen molar-refractivity contribution in [1.82, 2.24) is 4.57 Å². The Balaban J connectivity index is 1.10. The number of benzene rings is 3. The van der Waals surface area contributed by atoms with Gasteiger partial charge in [0.15, 0.2) is 17.3 Å². The summed E-state index contributed by atoms with van der Waals surface area (Å²) in [5.74, 6) is 3.81. The van der Waals surface area contributed by atoms with Crippen molar-refractivity contribution in [2.75, 3.05) is 30.0 Å². The van der Waals surface area contributed by atoms with Crippen LogP contribution in [0.2, 0.25) is 0 Å². The molecule has 196 valence electrons. The zero-order valence-electron chi connectivity index (χ0n) is 21.1. The summed E-state index contributed by atoms with van der Waals surface area (Å²) in [6.45, 7) is 0.961. The van der Waals surface area contributed by atoms with Gasteiger partial charge in [-0.05, 0) is 60.2 Å². The molecule has 0 saturated carbocycles. The highest BCUT2D eigenvalue weighted by molar-refractivity contribution is 8.00. The summed E-state index contributed by atoms with van der Waals surface area (Å²) in [5, 5.41) is 2.97. The molecule has 1 amide bonds. The molecule has 0 bridgehead atoms. The molecular weight excluding hydrogens is 512 g/mol. The van der Waals surface area contributed by atoms with Gasteiger partial charge in [-0.2, -0.15) is 11.8 Å². The zero-order valence-corrected chi connectivity index (χ0v) is 21.9. The van der Waals surface area contributed by atoms with Crippen molar-refractivity contribution in [1.29, 1.82) is 0 Å². The highest BCUT2D eigenvalue weighted by Crippen LogP contribution is 2.41. The van der Waals surface area contributed by atoms with Crippen LogP contribution in [-0.4, -0.2) is 47.1 Å². The SMILES string of the molecule is O=C(Nc1ccc([C@@H]2CC(=O)c3cc4c(cc3-n3cccc32)OCCO4)cc1)c1ccc(OC2CSC2)cc1. The molecule has 8 heteroatoms. The van der Waals surface area contributed by atoms with Crippen molar-refractivity contribution in [2.24, 2.45) is 0 Å². The number of fused-ring (bicyclic) bond motifs is 4. The first-order chi connectivity index (χ1) is 19.1. The van der Waals surface area contributed by atoms with Gasteiger partial charge in [-0.15, -0.1) is 0 Å². The molecule has 4 aromatic rings. The van der Waals surface area contributed by atoms with E-state index in [1.165, 1.54) is 0 Å². The number of nitrogens with zero attached hydrogens (tertiary/aromatic N) is 1. The van der Waals surface area contributed by atoms with Crippen LogP contribution in [0.25, 0.3) is 5.69 Å². The number of anilines is 1. The first kappa shape index (κ1) is 23.9. The van der Waals surface area contributed by atoms with Crippen LogP contribution in [-0.2, 0) is 0 Å². The van der Waals surface area contributed by atoms with E-state index in [1.54, 1.807) is 12.1 Å². The van der Waals surface area contributed by atoms with Crippen LogP contribution in [0, 0.1) is 0 Å². The van der Waals surface area contributed by atoms with Crippen molar-refractivity contribution in [3.63, 3.8) is 0 Å². The summed E-state index contributed by atoms with van der Waals surface area (Å²) in [7, 11) is 0. The Morgan fingerprint density at radius 1 is 0.949 bits per heavy atom. The summed E-state index contributed by atoms with van der Waals surface area (Å²) in [6, 6.07) is 22.7. The van der Waals surface area contributed by atoms with Crippen molar-refractivity contribution in [2.45, 2.75) is 18.4 Å². The molecule has 0 spiro atoms. The molecule has 0 radical (unpaired) electrons. The summed E-state index contributed by atoms with van der Waals surface area (Å²) >= 11 is 1.87. The number of nitrogens with one attached hydrogen (secondary N) is 1. The monoisotopic (exact) mass is 538 g/mol. The first-order valence-electron chi connectivity index (χ1n) is 13.0. The fourth-order valence-electron chi connectivity index (χ4n) is 5.25. The highest BCUT2D eigenvalue weighted by atomic mass is 32.2. The molecule has 3 aromatic carbocycles. The van der Waals surface area contributed by atoms with E-state index in [0.717, 1.165) is 34.2 Å². The van der Waals surface area contributed by atoms with E-state index >= 15 is 0 Å². The minimum Gasteiger partial charge on any atom is -0.489 e. The van der Waals surface area contributed by atoms with Crippen molar-refractivity contribution in [3.05, 3.63) is 101 Å². The van der Waals surface area contributed by atoms with Gasteiger partial charge in [0.05, 0.1) is 5.69 Å². The molecule has 7 rings (SSSR count). The predicted molar refractivity (Wildman–Crippen MR) is 150 cm³/mol. The van der Waals surface area contributed by atoms with E-state index in [0.29, 0.717) is 47.9 Å². The number of rotatable bonds is 5. The van der Waals surface area contributed by atoms with Crippen LogP contribution in [0.3, 0.4) is 0 Å². The Morgan fingerprint density at radius 3 is 2.41 bits per heavy atom. The van der Waals surface area contributed by atoms with Crippen LogP contribution >= 0.6 is 11.8 Å². The normalized spacial score (nSPS) is 17.8.